The van der Waals surface area contributed by atoms with E-state index in [4.69, 9.17) is 5.26 Å². The Kier molecular flexibility index (Phi) is 13.2. The molecule has 0 aliphatic heterocycles. The quantitative estimate of drug-likeness (QED) is 0.0936. The van der Waals surface area contributed by atoms with Gasteiger partial charge in [0.15, 0.2) is 0 Å². The minimum Gasteiger partial charge on any atom is -0.493 e. The number of amides is 3. The molecule has 2 atom stereocenters. The summed E-state index contributed by atoms with van der Waals surface area (Å²) in [7, 11) is -1.77. The SMILES string of the molecule is CC(C)/C=C(\C#N)C(=O)NCCCC[C@H](NC(=O)c1cccc(O)n1)C(=O)NC(CC(C)C)B(O)O. The lowest BCUT2D eigenvalue weighted by atomic mass is 9.75. The van der Waals surface area contributed by atoms with Crippen LogP contribution in [0.1, 0.15) is 63.9 Å². The number of unbranched alkanes of at least 4 members (excludes halogenated alkanes) is 1. The zero-order chi connectivity index (χ0) is 27.3. The minimum absolute atomic E-state index is 0.0342. The highest BCUT2D eigenvalue weighted by Crippen LogP contribution is 2.10. The lowest BCUT2D eigenvalue weighted by Gasteiger charge is -2.24. The molecular weight excluding hydrogens is 465 g/mol. The number of nitrogens with zero attached hydrogens (tertiary/aromatic N) is 2. The standard InChI is InChI=1S/C24H36BN5O6/c1-15(2)12-17(14-26)22(32)27-11-6-5-8-19(24(34)30-20(25(35)36)13-16(3)4)29-23(33)18-9-7-10-21(31)28-18/h7,9-10,12,15-16,19-20,35-36H,5-6,8,11,13H2,1-4H3,(H,27,32)(H,28,31)(H,29,33)(H,30,34)/b17-12+/t19-,20?/m0/s1. The van der Waals surface area contributed by atoms with E-state index in [-0.39, 0.29) is 41.9 Å². The molecule has 0 aromatic carbocycles. The van der Waals surface area contributed by atoms with Crippen molar-refractivity contribution in [2.75, 3.05) is 6.54 Å². The summed E-state index contributed by atoms with van der Waals surface area (Å²) in [5.41, 5.74) is -0.0474. The van der Waals surface area contributed by atoms with Crippen LogP contribution in [0.5, 0.6) is 5.88 Å². The van der Waals surface area contributed by atoms with Crippen molar-refractivity contribution in [3.8, 4) is 11.9 Å². The van der Waals surface area contributed by atoms with Crippen LogP contribution in [-0.4, -0.2) is 63.5 Å². The molecule has 196 valence electrons. The molecule has 0 spiro atoms. The summed E-state index contributed by atoms with van der Waals surface area (Å²) >= 11 is 0. The highest BCUT2D eigenvalue weighted by Gasteiger charge is 2.30. The first-order chi connectivity index (χ1) is 16.9. The normalized spacial score (nSPS) is 13.0. The average molecular weight is 501 g/mol. The van der Waals surface area contributed by atoms with Crippen LogP contribution in [-0.2, 0) is 9.59 Å². The number of hydrogen-bond acceptors (Lipinski definition) is 8. The number of carbonyl (C=O) groups excluding carboxylic acids is 3. The summed E-state index contributed by atoms with van der Waals surface area (Å²) < 4.78 is 0. The Morgan fingerprint density at radius 1 is 1.14 bits per heavy atom. The van der Waals surface area contributed by atoms with Gasteiger partial charge in [0, 0.05) is 12.6 Å². The van der Waals surface area contributed by atoms with Crippen LogP contribution in [0.25, 0.3) is 0 Å². The Bertz CT molecular complexity index is 961. The van der Waals surface area contributed by atoms with Crippen LogP contribution in [0.3, 0.4) is 0 Å². The van der Waals surface area contributed by atoms with E-state index in [1.165, 1.54) is 18.2 Å². The van der Waals surface area contributed by atoms with E-state index in [9.17, 15) is 29.5 Å². The molecular formula is C24H36BN5O6. The Balaban J connectivity index is 2.82. The second-order valence-corrected chi connectivity index (χ2v) is 9.25. The van der Waals surface area contributed by atoms with Crippen LogP contribution < -0.4 is 16.0 Å². The van der Waals surface area contributed by atoms with Gasteiger partial charge in [-0.05, 0) is 43.6 Å². The van der Waals surface area contributed by atoms with E-state index < -0.39 is 36.8 Å². The summed E-state index contributed by atoms with van der Waals surface area (Å²) in [6, 6.07) is 4.98. The van der Waals surface area contributed by atoms with Crippen LogP contribution in [0.2, 0.25) is 0 Å². The Hall–Kier alpha value is -3.43. The second kappa shape index (κ2) is 15.5. The van der Waals surface area contributed by atoms with E-state index in [0.717, 1.165) is 0 Å². The van der Waals surface area contributed by atoms with Gasteiger partial charge in [0.1, 0.15) is 23.4 Å². The summed E-state index contributed by atoms with van der Waals surface area (Å²) in [6.45, 7) is 7.72. The molecule has 0 fully saturated rings. The molecule has 6 N–H and O–H groups in total. The lowest BCUT2D eigenvalue weighted by molar-refractivity contribution is -0.123. The van der Waals surface area contributed by atoms with E-state index in [1.807, 2.05) is 33.8 Å². The maximum Gasteiger partial charge on any atom is 0.475 e. The van der Waals surface area contributed by atoms with Crippen molar-refractivity contribution in [2.45, 2.75) is 65.4 Å². The van der Waals surface area contributed by atoms with Gasteiger partial charge in [-0.1, -0.05) is 39.8 Å². The first-order valence-corrected chi connectivity index (χ1v) is 12.0. The van der Waals surface area contributed by atoms with Crippen LogP contribution in [0.4, 0.5) is 0 Å². The maximum atomic E-state index is 12.9. The van der Waals surface area contributed by atoms with Gasteiger partial charge >= 0.3 is 7.12 Å². The smallest absolute Gasteiger partial charge is 0.475 e. The fourth-order valence-corrected chi connectivity index (χ4v) is 3.36. The van der Waals surface area contributed by atoms with Gasteiger partial charge in [-0.15, -0.1) is 0 Å². The Morgan fingerprint density at radius 3 is 2.39 bits per heavy atom. The van der Waals surface area contributed by atoms with Crippen molar-refractivity contribution in [2.24, 2.45) is 11.8 Å². The Labute approximate surface area is 212 Å². The molecule has 0 saturated carbocycles. The minimum atomic E-state index is -1.77. The topological polar surface area (TPSA) is 185 Å². The molecule has 1 aromatic heterocycles. The predicted molar refractivity (Wildman–Crippen MR) is 134 cm³/mol. The largest absolute Gasteiger partial charge is 0.493 e. The van der Waals surface area contributed by atoms with Crippen LogP contribution >= 0.6 is 0 Å². The molecule has 1 aromatic rings. The van der Waals surface area contributed by atoms with Crippen molar-refractivity contribution in [3.63, 3.8) is 0 Å². The van der Waals surface area contributed by atoms with Gasteiger partial charge in [-0.2, -0.15) is 5.26 Å². The van der Waals surface area contributed by atoms with Crippen LogP contribution in [0.15, 0.2) is 29.8 Å². The molecule has 0 bridgehead atoms. The van der Waals surface area contributed by atoms with Crippen molar-refractivity contribution >= 4 is 24.8 Å². The number of allylic oxidation sites excluding steroid dienone is 1. The summed E-state index contributed by atoms with van der Waals surface area (Å²) in [5, 5.41) is 45.8. The molecule has 12 heteroatoms. The molecule has 0 radical (unpaired) electrons. The van der Waals surface area contributed by atoms with Crippen LogP contribution in [0, 0.1) is 23.2 Å². The third kappa shape index (κ3) is 11.3. The van der Waals surface area contributed by atoms with Crippen molar-refractivity contribution < 1.29 is 29.5 Å². The van der Waals surface area contributed by atoms with Gasteiger partial charge < -0.3 is 31.1 Å². The van der Waals surface area contributed by atoms with Crippen molar-refractivity contribution in [1.82, 2.24) is 20.9 Å². The number of aromatic hydroxyl groups is 1. The molecule has 1 unspecified atom stereocenters. The molecule has 1 heterocycles. The molecule has 36 heavy (non-hydrogen) atoms. The van der Waals surface area contributed by atoms with Gasteiger partial charge in [0.2, 0.25) is 11.8 Å². The fraction of sp³-hybridized carbons (Fsp3) is 0.542. The zero-order valence-electron chi connectivity index (χ0n) is 21.2. The van der Waals surface area contributed by atoms with Crippen molar-refractivity contribution in [1.29, 1.82) is 5.26 Å². The third-order valence-corrected chi connectivity index (χ3v) is 5.07. The monoisotopic (exact) mass is 501 g/mol. The van der Waals surface area contributed by atoms with E-state index in [1.54, 1.807) is 6.08 Å². The number of nitriles is 1. The first kappa shape index (κ1) is 30.6. The summed E-state index contributed by atoms with van der Waals surface area (Å²) in [4.78, 5) is 41.4. The number of pyridine rings is 1. The van der Waals surface area contributed by atoms with E-state index >= 15 is 0 Å². The Morgan fingerprint density at radius 2 is 1.83 bits per heavy atom. The van der Waals surface area contributed by atoms with Gasteiger partial charge in [0.05, 0.1) is 5.94 Å². The molecule has 11 nitrogen and oxygen atoms in total. The van der Waals surface area contributed by atoms with Gasteiger partial charge in [0.25, 0.3) is 11.8 Å². The number of carbonyl (C=O) groups is 3. The fourth-order valence-electron chi connectivity index (χ4n) is 3.36. The van der Waals surface area contributed by atoms with Crippen molar-refractivity contribution in [3.05, 3.63) is 35.5 Å². The summed E-state index contributed by atoms with van der Waals surface area (Å²) in [6.07, 6.45) is 2.97. The molecule has 0 saturated heterocycles. The van der Waals surface area contributed by atoms with E-state index in [2.05, 4.69) is 20.9 Å². The number of hydrogen-bond donors (Lipinski definition) is 6. The van der Waals surface area contributed by atoms with Gasteiger partial charge in [-0.25, -0.2) is 4.98 Å². The number of nitrogens with one attached hydrogen (secondary N) is 3. The summed E-state index contributed by atoms with van der Waals surface area (Å²) in [5.74, 6) is -2.90. The molecule has 0 aliphatic carbocycles. The third-order valence-electron chi connectivity index (χ3n) is 5.07. The number of aromatic nitrogens is 1. The highest BCUT2D eigenvalue weighted by molar-refractivity contribution is 6.43. The second-order valence-electron chi connectivity index (χ2n) is 9.25. The first-order valence-electron chi connectivity index (χ1n) is 12.0. The molecule has 1 rings (SSSR count). The van der Waals surface area contributed by atoms with Gasteiger partial charge in [-0.3, -0.25) is 14.4 Å². The maximum absolute atomic E-state index is 12.9. The predicted octanol–water partition coefficient (Wildman–Crippen LogP) is 0.821. The van der Waals surface area contributed by atoms with E-state index in [0.29, 0.717) is 19.3 Å². The highest BCUT2D eigenvalue weighted by atomic mass is 16.4. The molecule has 0 aliphatic rings. The lowest BCUT2D eigenvalue weighted by Crippen LogP contribution is -2.54. The number of rotatable bonds is 14. The average Bonchev–Trinajstić information content (AvgIpc) is 2.80. The molecule has 3 amide bonds. The zero-order valence-corrected chi connectivity index (χ0v) is 21.2.